The molecule has 1 N–H and O–H groups in total. The molecule has 2 bridgehead atoms. The molecule has 1 aliphatic heterocycles. The number of halogens is 5. The van der Waals surface area contributed by atoms with Crippen LogP contribution in [0, 0.1) is 40.9 Å². The summed E-state index contributed by atoms with van der Waals surface area (Å²) in [5.74, 6) is -16.9. The highest BCUT2D eigenvalue weighted by atomic mass is 19.2. The molecule has 3 aliphatic carbocycles. The molecule has 3 aromatic rings. The van der Waals surface area contributed by atoms with Gasteiger partial charge in [-0.1, -0.05) is 48.5 Å². The minimum absolute atomic E-state index is 0.0769. The number of aliphatic hydroxyl groups excluding tert-OH is 1. The summed E-state index contributed by atoms with van der Waals surface area (Å²) in [5.41, 5.74) is -0.583. The summed E-state index contributed by atoms with van der Waals surface area (Å²) < 4.78 is 71.2. The Morgan fingerprint density at radius 2 is 1.23 bits per heavy atom. The number of rotatable bonds is 2. The standard InChI is InChI=1S/C26H16F5NO3/c1-10(33)26-13-8-4-2-6-11(13)15(12-7-3-5-9-14(12)26)16-17(26)25(35)32(24(16)34)23-21(30)19(28)18(27)20(29)22(23)31/h2-10,15-17,33H,1H3. The van der Waals surface area contributed by atoms with Crippen LogP contribution in [0.5, 0.6) is 0 Å². The Morgan fingerprint density at radius 3 is 1.71 bits per heavy atom. The second kappa shape index (κ2) is 6.97. The van der Waals surface area contributed by atoms with E-state index in [1.165, 1.54) is 6.92 Å². The molecule has 9 heteroatoms. The predicted molar refractivity (Wildman–Crippen MR) is 113 cm³/mol. The second-order valence-electron chi connectivity index (χ2n) is 9.13. The first kappa shape index (κ1) is 21.9. The van der Waals surface area contributed by atoms with E-state index in [9.17, 15) is 36.6 Å². The van der Waals surface area contributed by atoms with Gasteiger partial charge in [0.05, 0.1) is 23.4 Å². The molecule has 35 heavy (non-hydrogen) atoms. The zero-order valence-corrected chi connectivity index (χ0v) is 18.0. The van der Waals surface area contributed by atoms with Crippen LogP contribution in [-0.2, 0) is 15.0 Å². The van der Waals surface area contributed by atoms with E-state index in [0.717, 1.165) is 0 Å². The molecule has 7 rings (SSSR count). The van der Waals surface area contributed by atoms with Gasteiger partial charge < -0.3 is 5.11 Å². The van der Waals surface area contributed by atoms with E-state index in [-0.39, 0.29) is 4.90 Å². The number of hydrogen-bond donors (Lipinski definition) is 1. The van der Waals surface area contributed by atoms with Gasteiger partial charge in [-0.05, 0) is 29.2 Å². The highest BCUT2D eigenvalue weighted by Crippen LogP contribution is 2.65. The van der Waals surface area contributed by atoms with Crippen LogP contribution < -0.4 is 4.90 Å². The summed E-state index contributed by atoms with van der Waals surface area (Å²) in [5, 5.41) is 11.2. The Morgan fingerprint density at radius 1 is 0.771 bits per heavy atom. The fraction of sp³-hybridized carbons (Fsp3) is 0.231. The Balaban J connectivity index is 1.67. The van der Waals surface area contributed by atoms with Gasteiger partial charge in [-0.2, -0.15) is 0 Å². The van der Waals surface area contributed by atoms with E-state index in [2.05, 4.69) is 0 Å². The summed E-state index contributed by atoms with van der Waals surface area (Å²) in [6.07, 6.45) is -1.24. The summed E-state index contributed by atoms with van der Waals surface area (Å²) in [7, 11) is 0. The van der Waals surface area contributed by atoms with Crippen LogP contribution in [0.4, 0.5) is 27.6 Å². The van der Waals surface area contributed by atoms with Gasteiger partial charge in [-0.15, -0.1) is 0 Å². The third kappa shape index (κ3) is 2.34. The van der Waals surface area contributed by atoms with Crippen molar-refractivity contribution in [2.75, 3.05) is 4.90 Å². The molecule has 1 saturated heterocycles. The lowest BCUT2D eigenvalue weighted by atomic mass is 9.46. The zero-order chi connectivity index (χ0) is 25.0. The van der Waals surface area contributed by atoms with Crippen LogP contribution in [0.15, 0.2) is 48.5 Å². The van der Waals surface area contributed by atoms with Crippen LogP contribution in [0.2, 0.25) is 0 Å². The minimum Gasteiger partial charge on any atom is -0.392 e. The van der Waals surface area contributed by atoms with Crippen molar-refractivity contribution < 1.29 is 36.6 Å². The molecule has 0 spiro atoms. The molecule has 1 fully saturated rings. The van der Waals surface area contributed by atoms with Crippen LogP contribution in [0.3, 0.4) is 0 Å². The van der Waals surface area contributed by atoms with Gasteiger partial charge in [-0.25, -0.2) is 26.9 Å². The Labute approximate surface area is 195 Å². The lowest BCUT2D eigenvalue weighted by molar-refractivity contribution is -0.126. The first-order valence-electron chi connectivity index (χ1n) is 10.9. The van der Waals surface area contributed by atoms with Crippen molar-refractivity contribution >= 4 is 17.5 Å². The molecule has 4 nitrogen and oxygen atoms in total. The highest BCUT2D eigenvalue weighted by molar-refractivity contribution is 6.24. The Bertz CT molecular complexity index is 1390. The van der Waals surface area contributed by atoms with Gasteiger partial charge in [-0.3, -0.25) is 9.59 Å². The summed E-state index contributed by atoms with van der Waals surface area (Å²) in [4.78, 5) is 27.6. The molecular weight excluding hydrogens is 469 g/mol. The van der Waals surface area contributed by atoms with Crippen molar-refractivity contribution in [1.82, 2.24) is 0 Å². The fourth-order valence-corrected chi connectivity index (χ4v) is 6.55. The third-order valence-electron chi connectivity index (χ3n) is 7.75. The van der Waals surface area contributed by atoms with Gasteiger partial charge in [0.1, 0.15) is 5.69 Å². The number of aliphatic hydroxyl groups is 1. The number of carbonyl (C=O) groups excluding carboxylic acids is 2. The van der Waals surface area contributed by atoms with Gasteiger partial charge in [0.2, 0.25) is 17.6 Å². The predicted octanol–water partition coefficient (Wildman–Crippen LogP) is 4.31. The maximum Gasteiger partial charge on any atom is 0.239 e. The van der Waals surface area contributed by atoms with E-state index < -0.39 is 75.9 Å². The van der Waals surface area contributed by atoms with Crippen molar-refractivity contribution in [1.29, 1.82) is 0 Å². The largest absolute Gasteiger partial charge is 0.392 e. The molecule has 0 radical (unpaired) electrons. The maximum absolute atomic E-state index is 14.8. The van der Waals surface area contributed by atoms with Crippen molar-refractivity contribution in [3.63, 3.8) is 0 Å². The lowest BCUT2D eigenvalue weighted by Crippen LogP contribution is -2.58. The molecule has 2 amide bonds. The molecule has 0 saturated carbocycles. The lowest BCUT2D eigenvalue weighted by Gasteiger charge is -2.55. The zero-order valence-electron chi connectivity index (χ0n) is 18.0. The average molecular weight is 485 g/mol. The molecule has 178 valence electrons. The highest BCUT2D eigenvalue weighted by Gasteiger charge is 2.70. The van der Waals surface area contributed by atoms with E-state index >= 15 is 0 Å². The average Bonchev–Trinajstić information content (AvgIpc) is 3.12. The summed E-state index contributed by atoms with van der Waals surface area (Å²) in [6.45, 7) is 1.45. The Kier molecular flexibility index (Phi) is 4.37. The van der Waals surface area contributed by atoms with Gasteiger partial charge in [0.15, 0.2) is 23.3 Å². The van der Waals surface area contributed by atoms with Crippen molar-refractivity contribution in [3.8, 4) is 0 Å². The molecule has 3 atom stereocenters. The number of anilines is 1. The SMILES string of the molecule is CC(O)C12c3ccccc3C(c3ccccc31)C1C(=O)N(c3c(F)c(F)c(F)c(F)c3F)C(=O)C12. The van der Waals surface area contributed by atoms with E-state index in [1.807, 2.05) is 0 Å². The van der Waals surface area contributed by atoms with E-state index in [1.54, 1.807) is 48.5 Å². The smallest absolute Gasteiger partial charge is 0.239 e. The molecule has 3 aromatic carbocycles. The quantitative estimate of drug-likeness (QED) is 0.255. The summed E-state index contributed by atoms with van der Waals surface area (Å²) >= 11 is 0. The van der Waals surface area contributed by atoms with E-state index in [4.69, 9.17) is 0 Å². The number of amides is 2. The number of nitrogens with zero attached hydrogens (tertiary/aromatic N) is 1. The number of carbonyl (C=O) groups is 2. The van der Waals surface area contributed by atoms with Crippen molar-refractivity contribution in [2.45, 2.75) is 24.4 Å². The second-order valence-corrected chi connectivity index (χ2v) is 9.13. The molecular formula is C26H16F5NO3. The van der Waals surface area contributed by atoms with Crippen LogP contribution >= 0.6 is 0 Å². The van der Waals surface area contributed by atoms with E-state index in [0.29, 0.717) is 22.3 Å². The minimum atomic E-state index is -2.39. The topological polar surface area (TPSA) is 57.6 Å². The normalized spacial score (nSPS) is 27.1. The monoisotopic (exact) mass is 485 g/mol. The first-order valence-corrected chi connectivity index (χ1v) is 10.9. The third-order valence-corrected chi connectivity index (χ3v) is 7.75. The van der Waals surface area contributed by atoms with Crippen LogP contribution in [0.25, 0.3) is 0 Å². The first-order chi connectivity index (χ1) is 16.7. The Hall–Kier alpha value is -3.59. The van der Waals surface area contributed by atoms with Gasteiger partial charge >= 0.3 is 0 Å². The molecule has 1 heterocycles. The molecule has 3 unspecified atom stereocenters. The van der Waals surface area contributed by atoms with Crippen molar-refractivity contribution in [3.05, 3.63) is 99.9 Å². The van der Waals surface area contributed by atoms with Crippen LogP contribution in [-0.4, -0.2) is 23.0 Å². The fourth-order valence-electron chi connectivity index (χ4n) is 6.55. The summed E-state index contributed by atoms with van der Waals surface area (Å²) in [6, 6.07) is 13.8. The van der Waals surface area contributed by atoms with Crippen LogP contribution in [0.1, 0.15) is 35.1 Å². The number of hydrogen-bond acceptors (Lipinski definition) is 3. The molecule has 0 aromatic heterocycles. The molecule has 4 aliphatic rings. The number of imide groups is 1. The van der Waals surface area contributed by atoms with Gasteiger partial charge in [0, 0.05) is 5.92 Å². The maximum atomic E-state index is 14.8. The van der Waals surface area contributed by atoms with Crippen molar-refractivity contribution in [2.24, 2.45) is 11.8 Å². The van der Waals surface area contributed by atoms with Gasteiger partial charge in [0.25, 0.3) is 0 Å². The number of benzene rings is 3.